The second kappa shape index (κ2) is 11.8. The van der Waals surface area contributed by atoms with Crippen molar-refractivity contribution < 1.29 is 46.5 Å². The number of aryl methyl sites for hydroxylation is 2. The third kappa shape index (κ3) is 5.90. The molecule has 1 amide bonds. The summed E-state index contributed by atoms with van der Waals surface area (Å²) in [4.78, 5) is 42.0. The van der Waals surface area contributed by atoms with Crippen LogP contribution in [0.3, 0.4) is 0 Å². The molecule has 1 aliphatic heterocycles. The molecule has 0 radical (unpaired) electrons. The van der Waals surface area contributed by atoms with Gasteiger partial charge in [-0.2, -0.15) is 4.31 Å². The SMILES string of the molecule is COc1cc2cc(C(=O)N3C[C@@H](CCl)c4c3cc(OP(=O)(O)OP(=O)(O)OCCN)c3[nH]c(C)cc43)[nH]c2c(C)c1OC. The minimum absolute atomic E-state index is 0.125. The number of nitrogens with one attached hydrogen (secondary N) is 2. The molecule has 0 saturated heterocycles. The lowest BCUT2D eigenvalue weighted by Gasteiger charge is -2.20. The van der Waals surface area contributed by atoms with Gasteiger partial charge in [-0.1, -0.05) is 0 Å². The summed E-state index contributed by atoms with van der Waals surface area (Å²) in [5.74, 6) is 0.374. The number of nitrogens with two attached hydrogens (primary N) is 1. The van der Waals surface area contributed by atoms with Gasteiger partial charge in [-0.05, 0) is 37.6 Å². The van der Waals surface area contributed by atoms with Gasteiger partial charge in [-0.25, -0.2) is 9.13 Å². The molecule has 0 aliphatic carbocycles. The number of phosphoric ester groups is 2. The Bertz CT molecular complexity index is 1820. The molecule has 0 saturated carbocycles. The van der Waals surface area contributed by atoms with Crippen LogP contribution < -0.4 is 24.6 Å². The van der Waals surface area contributed by atoms with Gasteiger partial charge in [0.15, 0.2) is 17.2 Å². The number of nitrogens with zero attached hydrogens (tertiary/aromatic N) is 1. The second-order valence-electron chi connectivity index (χ2n) is 9.93. The first-order chi connectivity index (χ1) is 20.3. The largest absolute Gasteiger partial charge is 0.536 e. The second-order valence-corrected chi connectivity index (χ2v) is 13.2. The Hall–Kier alpha value is -3.06. The van der Waals surface area contributed by atoms with E-state index < -0.39 is 28.2 Å². The molecule has 2 aromatic carbocycles. The first kappa shape index (κ1) is 31.4. The molecule has 1 aliphatic rings. The molecule has 2 aromatic heterocycles. The summed E-state index contributed by atoms with van der Waals surface area (Å²) in [5.41, 5.74) is 9.11. The zero-order valence-electron chi connectivity index (χ0n) is 23.7. The highest BCUT2D eigenvalue weighted by atomic mass is 35.5. The summed E-state index contributed by atoms with van der Waals surface area (Å²) in [7, 11) is -7.14. The number of alkyl halides is 1. The highest BCUT2D eigenvalue weighted by Gasteiger charge is 2.40. The zero-order valence-corrected chi connectivity index (χ0v) is 26.2. The molecular formula is C26H31ClN4O10P2. The lowest BCUT2D eigenvalue weighted by Crippen LogP contribution is -2.30. The number of phosphoric acid groups is 2. The van der Waals surface area contributed by atoms with Gasteiger partial charge in [-0.15, -0.1) is 11.6 Å². The van der Waals surface area contributed by atoms with E-state index in [0.29, 0.717) is 39.3 Å². The van der Waals surface area contributed by atoms with Crippen LogP contribution in [0.2, 0.25) is 0 Å². The molecule has 43 heavy (non-hydrogen) atoms. The van der Waals surface area contributed by atoms with E-state index >= 15 is 0 Å². The fourth-order valence-corrected chi connectivity index (χ4v) is 7.74. The molecule has 4 aromatic rings. The van der Waals surface area contributed by atoms with Gasteiger partial charge < -0.3 is 39.5 Å². The Balaban J connectivity index is 1.58. The molecule has 0 bridgehead atoms. The van der Waals surface area contributed by atoms with Crippen LogP contribution in [0.4, 0.5) is 5.69 Å². The smallest absolute Gasteiger partial charge is 0.493 e. The van der Waals surface area contributed by atoms with Crippen LogP contribution in [0.5, 0.6) is 17.2 Å². The number of carbonyl (C=O) groups excluding carboxylic acids is 1. The average molecular weight is 657 g/mol. The van der Waals surface area contributed by atoms with E-state index in [1.54, 1.807) is 25.1 Å². The third-order valence-electron chi connectivity index (χ3n) is 7.09. The number of ether oxygens (including phenoxy) is 2. The number of aromatic amines is 2. The minimum atomic E-state index is -5.22. The number of amides is 1. The standard InChI is InChI=1S/C26H31ClN4O10P2/c1-13-7-17-22-16(11-27)12-31(26(32)18-8-15-9-21(37-3)25(38-4)14(2)23(15)30-18)19(22)10-20(24(17)29-13)40-43(35,36)41-42(33,34)39-6-5-28/h7-10,16,29-30H,5-6,11-12,28H2,1-4H3,(H,33,34)(H,35,36)/t16-/m1/s1. The number of halogens is 1. The highest BCUT2D eigenvalue weighted by molar-refractivity contribution is 7.61. The van der Waals surface area contributed by atoms with Crippen LogP contribution in [0.15, 0.2) is 24.3 Å². The van der Waals surface area contributed by atoms with Crippen molar-refractivity contribution in [1.82, 2.24) is 9.97 Å². The molecule has 0 spiro atoms. The van der Waals surface area contributed by atoms with Crippen molar-refractivity contribution in [3.8, 4) is 17.2 Å². The normalized spacial score (nSPS) is 17.6. The van der Waals surface area contributed by atoms with Gasteiger partial charge in [-0.3, -0.25) is 14.2 Å². The van der Waals surface area contributed by atoms with E-state index in [9.17, 15) is 23.7 Å². The molecule has 3 atom stereocenters. The van der Waals surface area contributed by atoms with Crippen LogP contribution in [0.25, 0.3) is 21.8 Å². The molecule has 5 rings (SSSR count). The first-order valence-corrected chi connectivity index (χ1v) is 16.5. The number of hydrogen-bond donors (Lipinski definition) is 5. The van der Waals surface area contributed by atoms with Crippen molar-refractivity contribution in [2.75, 3.05) is 44.7 Å². The molecule has 6 N–H and O–H groups in total. The fraction of sp³-hybridized carbons (Fsp3) is 0.346. The number of carbonyl (C=O) groups is 1. The van der Waals surface area contributed by atoms with Crippen LogP contribution in [-0.4, -0.2) is 65.5 Å². The zero-order chi connectivity index (χ0) is 31.3. The summed E-state index contributed by atoms with van der Waals surface area (Å²) in [5, 5.41) is 1.33. The highest BCUT2D eigenvalue weighted by Crippen LogP contribution is 2.61. The van der Waals surface area contributed by atoms with Crippen LogP contribution in [0, 0.1) is 13.8 Å². The Morgan fingerprint density at radius 3 is 2.47 bits per heavy atom. The van der Waals surface area contributed by atoms with Crippen LogP contribution in [-0.2, 0) is 18.0 Å². The van der Waals surface area contributed by atoms with Crippen LogP contribution >= 0.6 is 27.2 Å². The van der Waals surface area contributed by atoms with Crippen molar-refractivity contribution in [3.05, 3.63) is 46.8 Å². The van der Waals surface area contributed by atoms with Crippen molar-refractivity contribution in [1.29, 1.82) is 0 Å². The van der Waals surface area contributed by atoms with Crippen LogP contribution in [0.1, 0.15) is 33.2 Å². The molecule has 232 valence electrons. The number of rotatable bonds is 11. The van der Waals surface area contributed by atoms with Gasteiger partial charge in [0.1, 0.15) is 5.69 Å². The van der Waals surface area contributed by atoms with Gasteiger partial charge >= 0.3 is 15.6 Å². The van der Waals surface area contributed by atoms with Gasteiger partial charge in [0.2, 0.25) is 0 Å². The Kier molecular flexibility index (Phi) is 8.60. The van der Waals surface area contributed by atoms with Crippen molar-refractivity contribution in [2.45, 2.75) is 19.8 Å². The van der Waals surface area contributed by atoms with E-state index in [-0.39, 0.29) is 36.3 Å². The van der Waals surface area contributed by atoms with E-state index in [1.165, 1.54) is 25.2 Å². The van der Waals surface area contributed by atoms with Crippen molar-refractivity contribution in [3.63, 3.8) is 0 Å². The fourth-order valence-electron chi connectivity index (χ4n) is 5.39. The van der Waals surface area contributed by atoms with Gasteiger partial charge in [0.25, 0.3) is 5.91 Å². The summed E-state index contributed by atoms with van der Waals surface area (Å²) < 4.78 is 50.2. The topological polar surface area (TPSA) is 199 Å². The number of methoxy groups -OCH3 is 2. The van der Waals surface area contributed by atoms with Gasteiger partial charge in [0.05, 0.1) is 37.5 Å². The number of benzene rings is 2. The Labute approximate surface area is 251 Å². The van der Waals surface area contributed by atoms with Crippen molar-refractivity contribution in [2.24, 2.45) is 5.73 Å². The van der Waals surface area contributed by atoms with E-state index in [1.807, 2.05) is 6.92 Å². The third-order valence-corrected chi connectivity index (χ3v) is 10.0. The van der Waals surface area contributed by atoms with E-state index in [4.69, 9.17) is 31.3 Å². The molecule has 17 heteroatoms. The lowest BCUT2D eigenvalue weighted by molar-refractivity contribution is 0.0984. The summed E-state index contributed by atoms with van der Waals surface area (Å²) in [6, 6.07) is 6.66. The number of aromatic nitrogens is 2. The summed E-state index contributed by atoms with van der Waals surface area (Å²) in [6.07, 6.45) is 0. The number of anilines is 1. The molecular weight excluding hydrogens is 626 g/mol. The van der Waals surface area contributed by atoms with E-state index in [2.05, 4.69) is 18.8 Å². The maximum atomic E-state index is 14.0. The Morgan fingerprint density at radius 2 is 1.81 bits per heavy atom. The summed E-state index contributed by atoms with van der Waals surface area (Å²) in [6.45, 7) is 3.32. The predicted octanol–water partition coefficient (Wildman–Crippen LogP) is 4.84. The number of hydrogen-bond acceptors (Lipinski definition) is 9. The summed E-state index contributed by atoms with van der Waals surface area (Å²) >= 11 is 6.37. The Morgan fingerprint density at radius 1 is 1.07 bits per heavy atom. The van der Waals surface area contributed by atoms with E-state index in [0.717, 1.165) is 16.5 Å². The maximum Gasteiger partial charge on any atom is 0.536 e. The molecule has 2 unspecified atom stereocenters. The van der Waals surface area contributed by atoms with Gasteiger partial charge in [0, 0.05) is 53.0 Å². The first-order valence-electron chi connectivity index (χ1n) is 13.0. The number of fused-ring (bicyclic) bond motifs is 4. The molecule has 14 nitrogen and oxygen atoms in total. The van der Waals surface area contributed by atoms with Crippen molar-refractivity contribution >= 4 is 60.6 Å². The minimum Gasteiger partial charge on any atom is -0.493 e. The molecule has 3 heterocycles. The maximum absolute atomic E-state index is 14.0. The lowest BCUT2D eigenvalue weighted by atomic mass is 9.99. The monoisotopic (exact) mass is 656 g/mol. The predicted molar refractivity (Wildman–Crippen MR) is 161 cm³/mol. The average Bonchev–Trinajstić information content (AvgIpc) is 3.65. The number of H-pyrrole nitrogens is 2. The quantitative estimate of drug-likeness (QED) is 0.109. The molecule has 0 fully saturated rings.